The van der Waals surface area contributed by atoms with Crippen molar-refractivity contribution in [2.75, 3.05) is 13.7 Å². The topological polar surface area (TPSA) is 67.7 Å². The van der Waals surface area contributed by atoms with Gasteiger partial charge in [-0.3, -0.25) is 14.3 Å². The summed E-state index contributed by atoms with van der Waals surface area (Å²) in [4.78, 5) is 28.4. The summed E-state index contributed by atoms with van der Waals surface area (Å²) < 4.78 is 7.46. The third-order valence-electron chi connectivity index (χ3n) is 4.02. The van der Waals surface area contributed by atoms with Gasteiger partial charge in [-0.1, -0.05) is 0 Å². The van der Waals surface area contributed by atoms with Crippen LogP contribution in [0.5, 0.6) is 0 Å². The van der Waals surface area contributed by atoms with Crippen molar-refractivity contribution in [1.29, 1.82) is 0 Å². The van der Waals surface area contributed by atoms with Crippen molar-refractivity contribution >= 4 is 11.8 Å². The molecule has 1 aromatic rings. The number of aryl methyl sites for hydroxylation is 1. The molecule has 23 heavy (non-hydrogen) atoms. The van der Waals surface area contributed by atoms with E-state index >= 15 is 0 Å². The Hall–Kier alpha value is -1.89. The summed E-state index contributed by atoms with van der Waals surface area (Å²) in [5.41, 5.74) is 0.524. The second-order valence-corrected chi connectivity index (χ2v) is 7.05. The van der Waals surface area contributed by atoms with Gasteiger partial charge in [-0.15, -0.1) is 0 Å². The molecule has 0 spiro atoms. The van der Waals surface area contributed by atoms with Crippen LogP contribution in [0.15, 0.2) is 12.4 Å². The fourth-order valence-corrected chi connectivity index (χ4v) is 2.55. The third-order valence-corrected chi connectivity index (χ3v) is 4.02. The van der Waals surface area contributed by atoms with E-state index in [4.69, 9.17) is 4.74 Å². The van der Waals surface area contributed by atoms with Crippen molar-refractivity contribution in [3.05, 3.63) is 18.0 Å². The Balaban J connectivity index is 2.23. The van der Waals surface area contributed by atoms with Crippen molar-refractivity contribution in [2.24, 2.45) is 7.05 Å². The minimum Gasteiger partial charge on any atom is -0.373 e. The number of rotatable bonds is 4. The Morgan fingerprint density at radius 1 is 1.22 bits per heavy atom. The van der Waals surface area contributed by atoms with E-state index in [0.717, 1.165) is 5.56 Å². The monoisotopic (exact) mass is 322 g/mol. The summed E-state index contributed by atoms with van der Waals surface area (Å²) in [7, 11) is 3.49. The number of carbonyl (C=O) groups excluding carboxylic acids is 2. The van der Waals surface area contributed by atoms with Crippen molar-refractivity contribution in [1.82, 2.24) is 19.6 Å². The Bertz CT molecular complexity index is 590. The Morgan fingerprint density at radius 2 is 1.87 bits per heavy atom. The first-order chi connectivity index (χ1) is 10.6. The average Bonchev–Trinajstić information content (AvgIpc) is 2.86. The molecule has 0 N–H and O–H groups in total. The smallest absolute Gasteiger partial charge is 0.248 e. The van der Waals surface area contributed by atoms with Gasteiger partial charge >= 0.3 is 0 Å². The molecule has 2 atom stereocenters. The van der Waals surface area contributed by atoms with E-state index in [9.17, 15) is 9.59 Å². The Labute approximate surface area is 137 Å². The molecule has 0 radical (unpaired) electrons. The van der Waals surface area contributed by atoms with E-state index in [1.54, 1.807) is 29.7 Å². The summed E-state index contributed by atoms with van der Waals surface area (Å²) in [6.45, 7) is 8.08. The lowest BCUT2D eigenvalue weighted by Gasteiger charge is -2.42. The molecule has 1 aromatic heterocycles. The number of ether oxygens (including phenoxy) is 1. The highest BCUT2D eigenvalue weighted by Crippen LogP contribution is 2.21. The van der Waals surface area contributed by atoms with Crippen LogP contribution < -0.4 is 0 Å². The molecule has 1 aliphatic heterocycles. The lowest BCUT2D eigenvalue weighted by Crippen LogP contribution is -2.63. The standard InChI is InChI=1S/C16H26N4O3/c1-11-14(21)20(9-12-7-17-18(5)8-12)13(15(22)19(11)6)10-23-16(2,3)4/h7-8,11,13H,9-10H2,1-6H3/t11-,13-/m0/s1. The van der Waals surface area contributed by atoms with Gasteiger partial charge in [0, 0.05) is 32.4 Å². The third kappa shape index (κ3) is 3.90. The number of piperazine rings is 1. The molecule has 2 amide bonds. The maximum absolute atomic E-state index is 12.7. The van der Waals surface area contributed by atoms with Crippen LogP contribution in [0.1, 0.15) is 33.3 Å². The second-order valence-electron chi connectivity index (χ2n) is 7.05. The van der Waals surface area contributed by atoms with Gasteiger partial charge in [0.05, 0.1) is 18.4 Å². The van der Waals surface area contributed by atoms with Gasteiger partial charge in [-0.2, -0.15) is 5.10 Å². The maximum Gasteiger partial charge on any atom is 0.248 e. The van der Waals surface area contributed by atoms with E-state index in [2.05, 4.69) is 5.10 Å². The van der Waals surface area contributed by atoms with Crippen LogP contribution in [0.2, 0.25) is 0 Å². The normalized spacial score (nSPS) is 22.9. The number of carbonyl (C=O) groups is 2. The second kappa shape index (κ2) is 6.31. The van der Waals surface area contributed by atoms with Gasteiger partial charge in [-0.25, -0.2) is 0 Å². The molecule has 0 aromatic carbocycles. The largest absolute Gasteiger partial charge is 0.373 e. The maximum atomic E-state index is 12.7. The molecule has 1 aliphatic rings. The summed E-state index contributed by atoms with van der Waals surface area (Å²) in [5, 5.41) is 4.12. The zero-order chi connectivity index (χ0) is 17.4. The first-order valence-corrected chi connectivity index (χ1v) is 7.79. The van der Waals surface area contributed by atoms with Gasteiger partial charge < -0.3 is 14.5 Å². The summed E-state index contributed by atoms with van der Waals surface area (Å²) in [5.74, 6) is -0.163. The quantitative estimate of drug-likeness (QED) is 0.822. The number of aromatic nitrogens is 2. The molecule has 2 rings (SSSR count). The van der Waals surface area contributed by atoms with Crippen molar-refractivity contribution < 1.29 is 14.3 Å². The molecule has 0 aliphatic carbocycles. The Kier molecular flexibility index (Phi) is 4.79. The molecule has 0 unspecified atom stereocenters. The lowest BCUT2D eigenvalue weighted by molar-refractivity contribution is -0.165. The van der Waals surface area contributed by atoms with Crippen LogP contribution in [0.3, 0.4) is 0 Å². The number of nitrogens with zero attached hydrogens (tertiary/aromatic N) is 4. The van der Waals surface area contributed by atoms with Crippen LogP contribution >= 0.6 is 0 Å². The fraction of sp³-hybridized carbons (Fsp3) is 0.688. The average molecular weight is 322 g/mol. The highest BCUT2D eigenvalue weighted by Gasteiger charge is 2.42. The molecule has 2 heterocycles. The summed E-state index contributed by atoms with van der Waals surface area (Å²) in [6, 6.07) is -1.08. The van der Waals surface area contributed by atoms with Gasteiger partial charge in [-0.05, 0) is 27.7 Å². The van der Waals surface area contributed by atoms with Gasteiger partial charge in [0.15, 0.2) is 0 Å². The zero-order valence-electron chi connectivity index (χ0n) is 14.7. The molecule has 128 valence electrons. The summed E-state index contributed by atoms with van der Waals surface area (Å²) >= 11 is 0. The lowest BCUT2D eigenvalue weighted by atomic mass is 10.1. The molecule has 0 saturated carbocycles. The van der Waals surface area contributed by atoms with Crippen LogP contribution in [-0.2, 0) is 27.9 Å². The molecule has 0 bridgehead atoms. The minimum atomic E-state index is -0.608. The van der Waals surface area contributed by atoms with Crippen LogP contribution in [-0.4, -0.2) is 62.7 Å². The first kappa shape index (κ1) is 17.5. The highest BCUT2D eigenvalue weighted by molar-refractivity contribution is 5.96. The molecular weight excluding hydrogens is 296 g/mol. The predicted molar refractivity (Wildman–Crippen MR) is 85.5 cm³/mol. The molecule has 1 saturated heterocycles. The number of amides is 2. The van der Waals surface area contributed by atoms with Crippen molar-refractivity contribution in [2.45, 2.75) is 51.9 Å². The van der Waals surface area contributed by atoms with E-state index in [1.807, 2.05) is 34.0 Å². The highest BCUT2D eigenvalue weighted by atomic mass is 16.5. The summed E-state index contributed by atoms with van der Waals surface area (Å²) in [6.07, 6.45) is 3.56. The molecule has 7 nitrogen and oxygen atoms in total. The van der Waals surface area contributed by atoms with Gasteiger partial charge in [0.1, 0.15) is 12.1 Å². The minimum absolute atomic E-state index is 0.0709. The molecular formula is C16H26N4O3. The number of hydrogen-bond donors (Lipinski definition) is 0. The fourth-order valence-electron chi connectivity index (χ4n) is 2.55. The van der Waals surface area contributed by atoms with E-state index in [0.29, 0.717) is 6.54 Å². The number of hydrogen-bond acceptors (Lipinski definition) is 4. The van der Waals surface area contributed by atoms with Crippen LogP contribution in [0, 0.1) is 0 Å². The molecule has 7 heteroatoms. The Morgan fingerprint density at radius 3 is 2.39 bits per heavy atom. The van der Waals surface area contributed by atoms with E-state index in [1.165, 1.54) is 4.90 Å². The van der Waals surface area contributed by atoms with Gasteiger partial charge in [0.25, 0.3) is 0 Å². The predicted octanol–water partition coefficient (Wildman–Crippen LogP) is 0.793. The van der Waals surface area contributed by atoms with E-state index < -0.39 is 12.1 Å². The SMILES string of the molecule is C[C@H]1C(=O)N(Cc2cnn(C)c2)[C@@H](COC(C)(C)C)C(=O)N1C. The number of likely N-dealkylation sites (N-methyl/N-ethyl adjacent to an activating group) is 1. The van der Waals surface area contributed by atoms with Crippen LogP contribution in [0.25, 0.3) is 0 Å². The van der Waals surface area contributed by atoms with Gasteiger partial charge in [0.2, 0.25) is 11.8 Å². The zero-order valence-corrected chi connectivity index (χ0v) is 14.7. The van der Waals surface area contributed by atoms with Crippen molar-refractivity contribution in [3.63, 3.8) is 0 Å². The van der Waals surface area contributed by atoms with Crippen LogP contribution in [0.4, 0.5) is 0 Å². The molecule has 1 fully saturated rings. The van der Waals surface area contributed by atoms with E-state index in [-0.39, 0.29) is 24.0 Å². The van der Waals surface area contributed by atoms with Crippen molar-refractivity contribution in [3.8, 4) is 0 Å². The first-order valence-electron chi connectivity index (χ1n) is 7.79.